The van der Waals surface area contributed by atoms with E-state index in [2.05, 4.69) is 9.71 Å². The number of hydrogen-bond donors (Lipinski definition) is 2. The highest BCUT2D eigenvalue weighted by molar-refractivity contribution is 7.91. The fourth-order valence-corrected chi connectivity index (χ4v) is 3.13. The van der Waals surface area contributed by atoms with Gasteiger partial charge in [0.2, 0.25) is 10.0 Å². The van der Waals surface area contributed by atoms with Crippen LogP contribution < -0.4 is 10.5 Å². The average Bonchev–Trinajstić information content (AvgIpc) is 2.29. The first-order valence-electron chi connectivity index (χ1n) is 5.19. The first-order chi connectivity index (χ1) is 8.28. The summed E-state index contributed by atoms with van der Waals surface area (Å²) in [6, 6.07) is 2.74. The zero-order valence-corrected chi connectivity index (χ0v) is 11.5. The third-order valence-corrected chi connectivity index (χ3v) is 5.45. The van der Waals surface area contributed by atoms with Crippen LogP contribution in [0.2, 0.25) is 0 Å². The predicted octanol–water partition coefficient (Wildman–Crippen LogP) is -0.623. The van der Waals surface area contributed by atoms with E-state index in [-0.39, 0.29) is 28.8 Å². The quantitative estimate of drug-likeness (QED) is 0.721. The standard InChI is InChI=1S/C9H15N3O4S2/c1-2-17(13,14)7-6-12-18(15,16)8-4-3-5-11-9(8)10/h3-5,12H,2,6-7H2,1H3,(H2,10,11). The lowest BCUT2D eigenvalue weighted by atomic mass is 10.5. The number of nitrogen functional groups attached to an aromatic ring is 1. The summed E-state index contributed by atoms with van der Waals surface area (Å²) >= 11 is 0. The Balaban J connectivity index is 2.76. The molecular formula is C9H15N3O4S2. The van der Waals surface area contributed by atoms with Crippen LogP contribution >= 0.6 is 0 Å². The van der Waals surface area contributed by atoms with E-state index in [9.17, 15) is 16.8 Å². The minimum Gasteiger partial charge on any atom is -0.383 e. The van der Waals surface area contributed by atoms with Crippen molar-refractivity contribution in [1.82, 2.24) is 9.71 Å². The number of hydrogen-bond acceptors (Lipinski definition) is 6. The number of anilines is 1. The molecule has 0 aromatic carbocycles. The Morgan fingerprint density at radius 2 is 2.00 bits per heavy atom. The first kappa shape index (κ1) is 14.9. The van der Waals surface area contributed by atoms with Gasteiger partial charge in [0.25, 0.3) is 0 Å². The van der Waals surface area contributed by atoms with Crippen molar-refractivity contribution in [2.75, 3.05) is 23.8 Å². The van der Waals surface area contributed by atoms with Gasteiger partial charge in [-0.15, -0.1) is 0 Å². The minimum atomic E-state index is -3.82. The molecule has 0 saturated carbocycles. The maximum atomic E-state index is 11.8. The van der Waals surface area contributed by atoms with E-state index in [1.165, 1.54) is 25.3 Å². The van der Waals surface area contributed by atoms with Gasteiger partial charge in [-0.05, 0) is 12.1 Å². The molecule has 18 heavy (non-hydrogen) atoms. The largest absolute Gasteiger partial charge is 0.383 e. The van der Waals surface area contributed by atoms with Crippen LogP contribution in [0.3, 0.4) is 0 Å². The number of aromatic nitrogens is 1. The maximum absolute atomic E-state index is 11.8. The molecule has 0 aliphatic rings. The molecule has 0 spiro atoms. The van der Waals surface area contributed by atoms with Gasteiger partial charge in [-0.1, -0.05) is 6.92 Å². The predicted molar refractivity (Wildman–Crippen MR) is 68.2 cm³/mol. The van der Waals surface area contributed by atoms with Gasteiger partial charge in [0.15, 0.2) is 9.84 Å². The number of sulfone groups is 1. The Morgan fingerprint density at radius 1 is 1.33 bits per heavy atom. The molecule has 9 heteroatoms. The van der Waals surface area contributed by atoms with Crippen LogP contribution in [0.25, 0.3) is 0 Å². The lowest BCUT2D eigenvalue weighted by Gasteiger charge is -2.07. The van der Waals surface area contributed by atoms with Gasteiger partial charge in [0.1, 0.15) is 10.7 Å². The van der Waals surface area contributed by atoms with Crippen LogP contribution in [0.15, 0.2) is 23.2 Å². The zero-order chi connectivity index (χ0) is 13.8. The highest BCUT2D eigenvalue weighted by Crippen LogP contribution is 2.13. The average molecular weight is 293 g/mol. The van der Waals surface area contributed by atoms with Gasteiger partial charge < -0.3 is 5.73 Å². The van der Waals surface area contributed by atoms with Crippen molar-refractivity contribution in [3.05, 3.63) is 18.3 Å². The Labute approximate surface area is 106 Å². The van der Waals surface area contributed by atoms with Gasteiger partial charge in [-0.3, -0.25) is 0 Å². The molecule has 0 fully saturated rings. The van der Waals surface area contributed by atoms with Crippen LogP contribution in [-0.2, 0) is 19.9 Å². The third kappa shape index (κ3) is 3.93. The van der Waals surface area contributed by atoms with E-state index in [1.54, 1.807) is 0 Å². The highest BCUT2D eigenvalue weighted by Gasteiger charge is 2.18. The fourth-order valence-electron chi connectivity index (χ4n) is 1.18. The second kappa shape index (κ2) is 5.63. The molecule has 0 atom stereocenters. The summed E-state index contributed by atoms with van der Waals surface area (Å²) in [6.07, 6.45) is 1.37. The van der Waals surface area contributed by atoms with Crippen LogP contribution in [0.1, 0.15) is 6.92 Å². The number of rotatable bonds is 6. The lowest BCUT2D eigenvalue weighted by molar-refractivity contribution is 0.581. The second-order valence-corrected chi connectivity index (χ2v) is 7.73. The van der Waals surface area contributed by atoms with E-state index >= 15 is 0 Å². The molecule has 0 aliphatic heterocycles. The number of nitrogens with one attached hydrogen (secondary N) is 1. The summed E-state index contributed by atoms with van der Waals surface area (Å²) in [5, 5.41) is 0. The molecule has 0 bridgehead atoms. The lowest BCUT2D eigenvalue weighted by Crippen LogP contribution is -2.30. The second-order valence-electron chi connectivity index (χ2n) is 3.52. The molecule has 0 aliphatic carbocycles. The summed E-state index contributed by atoms with van der Waals surface area (Å²) < 4.78 is 48.2. The first-order valence-corrected chi connectivity index (χ1v) is 8.49. The van der Waals surface area contributed by atoms with E-state index in [0.717, 1.165) is 0 Å². The van der Waals surface area contributed by atoms with Crippen molar-refractivity contribution in [2.45, 2.75) is 11.8 Å². The monoisotopic (exact) mass is 293 g/mol. The van der Waals surface area contributed by atoms with Crippen LogP contribution in [0, 0.1) is 0 Å². The smallest absolute Gasteiger partial charge is 0.244 e. The number of nitrogens with zero attached hydrogens (tertiary/aromatic N) is 1. The molecule has 1 aromatic rings. The third-order valence-electron chi connectivity index (χ3n) is 2.23. The Hall–Kier alpha value is -1.19. The van der Waals surface area contributed by atoms with Gasteiger partial charge in [-0.25, -0.2) is 26.5 Å². The Kier molecular flexibility index (Phi) is 4.65. The molecule has 1 rings (SSSR count). The molecular weight excluding hydrogens is 278 g/mol. The molecule has 7 nitrogen and oxygen atoms in total. The molecule has 1 aromatic heterocycles. The number of sulfonamides is 1. The maximum Gasteiger partial charge on any atom is 0.244 e. The van der Waals surface area contributed by atoms with Crippen LogP contribution in [-0.4, -0.2) is 39.9 Å². The molecule has 0 amide bonds. The zero-order valence-electron chi connectivity index (χ0n) is 9.83. The SMILES string of the molecule is CCS(=O)(=O)CCNS(=O)(=O)c1cccnc1N. The van der Waals surface area contributed by atoms with E-state index in [0.29, 0.717) is 0 Å². The molecule has 102 valence electrons. The summed E-state index contributed by atoms with van der Waals surface area (Å²) in [4.78, 5) is 3.50. The minimum absolute atomic E-state index is 0.0240. The van der Waals surface area contributed by atoms with E-state index < -0.39 is 19.9 Å². The molecule has 0 radical (unpaired) electrons. The normalized spacial score (nSPS) is 12.5. The fraction of sp³-hybridized carbons (Fsp3) is 0.444. The van der Waals surface area contributed by atoms with Crippen molar-refractivity contribution in [1.29, 1.82) is 0 Å². The van der Waals surface area contributed by atoms with Crippen molar-refractivity contribution in [3.8, 4) is 0 Å². The number of nitrogens with two attached hydrogens (primary N) is 1. The molecule has 0 unspecified atom stereocenters. The summed E-state index contributed by atoms with van der Waals surface area (Å²) in [5.74, 6) is -0.393. The Bertz CT molecular complexity index is 610. The number of pyridine rings is 1. The van der Waals surface area contributed by atoms with Crippen LogP contribution in [0.4, 0.5) is 5.82 Å². The summed E-state index contributed by atoms with van der Waals surface area (Å²) in [6.45, 7) is 1.32. The van der Waals surface area contributed by atoms with E-state index in [4.69, 9.17) is 5.73 Å². The molecule has 0 saturated heterocycles. The summed E-state index contributed by atoms with van der Waals surface area (Å²) in [5.41, 5.74) is 5.44. The van der Waals surface area contributed by atoms with Crippen LogP contribution in [0.5, 0.6) is 0 Å². The van der Waals surface area contributed by atoms with Gasteiger partial charge >= 0.3 is 0 Å². The van der Waals surface area contributed by atoms with Crippen molar-refractivity contribution >= 4 is 25.7 Å². The molecule has 1 heterocycles. The van der Waals surface area contributed by atoms with Gasteiger partial charge in [0.05, 0.1) is 5.75 Å². The van der Waals surface area contributed by atoms with Crippen molar-refractivity contribution < 1.29 is 16.8 Å². The van der Waals surface area contributed by atoms with E-state index in [1.807, 2.05) is 0 Å². The van der Waals surface area contributed by atoms with Gasteiger partial charge in [0, 0.05) is 18.5 Å². The van der Waals surface area contributed by atoms with Gasteiger partial charge in [-0.2, -0.15) is 0 Å². The Morgan fingerprint density at radius 3 is 2.56 bits per heavy atom. The summed E-state index contributed by atoms with van der Waals surface area (Å²) in [7, 11) is -7.03. The van der Waals surface area contributed by atoms with Crippen molar-refractivity contribution in [2.24, 2.45) is 0 Å². The highest BCUT2D eigenvalue weighted by atomic mass is 32.2. The topological polar surface area (TPSA) is 119 Å². The van der Waals surface area contributed by atoms with Crippen molar-refractivity contribution in [3.63, 3.8) is 0 Å². The molecule has 3 N–H and O–H groups in total.